The molecule has 3 aromatic heterocycles. The van der Waals surface area contributed by atoms with Crippen molar-refractivity contribution in [2.75, 3.05) is 18.9 Å². The molecule has 15 heteroatoms. The van der Waals surface area contributed by atoms with Gasteiger partial charge in [-0.15, -0.1) is 10.2 Å². The standard InChI is InChI=1S/C29H38FN7O5SSi/c1-18-13-20(15-31-14-18)27-34-35-28(37(27)24-22(40-6)11-10-12-23(24)41-7)36-43(38,39)19(2)25(26-32-16-21(30)17-33-26)42-44(8,9)29(3,4)5/h10-17,19,25H,1-9H3,(H,35,36)/t19-,25+/m1/s1. The van der Waals surface area contributed by atoms with E-state index in [0.29, 0.717) is 28.6 Å². The van der Waals surface area contributed by atoms with E-state index in [-0.39, 0.29) is 16.8 Å². The number of benzene rings is 1. The number of rotatable bonds is 11. The third-order valence-corrected chi connectivity index (χ3v) is 13.8. The van der Waals surface area contributed by atoms with Gasteiger partial charge in [0.05, 0.1) is 26.6 Å². The van der Waals surface area contributed by atoms with Crippen LogP contribution in [0.3, 0.4) is 0 Å². The van der Waals surface area contributed by atoms with Crippen LogP contribution in [0.5, 0.6) is 11.5 Å². The van der Waals surface area contributed by atoms with Crippen molar-refractivity contribution in [2.45, 2.75) is 64.1 Å². The molecule has 3 heterocycles. The Morgan fingerprint density at radius 2 is 1.61 bits per heavy atom. The summed E-state index contributed by atoms with van der Waals surface area (Å²) in [4.78, 5) is 12.5. The Kier molecular flexibility index (Phi) is 9.42. The van der Waals surface area contributed by atoms with Gasteiger partial charge in [-0.05, 0) is 55.7 Å². The summed E-state index contributed by atoms with van der Waals surface area (Å²) in [6.07, 6.45) is 4.16. The molecule has 236 valence electrons. The molecule has 1 N–H and O–H groups in total. The Balaban J connectivity index is 1.86. The number of methoxy groups -OCH3 is 2. The minimum absolute atomic E-state index is 0.0495. The average Bonchev–Trinajstić information content (AvgIpc) is 3.37. The van der Waals surface area contributed by atoms with E-state index < -0.39 is 35.5 Å². The Labute approximate surface area is 258 Å². The zero-order chi connectivity index (χ0) is 32.4. The third kappa shape index (κ3) is 6.74. The molecule has 0 aliphatic rings. The normalized spacial score (nSPS) is 13.8. The highest BCUT2D eigenvalue weighted by atomic mass is 32.2. The molecule has 2 atom stereocenters. The maximum atomic E-state index is 14.1. The Morgan fingerprint density at radius 3 is 2.16 bits per heavy atom. The van der Waals surface area contributed by atoms with Gasteiger partial charge >= 0.3 is 0 Å². The van der Waals surface area contributed by atoms with Gasteiger partial charge in [0.1, 0.15) is 28.5 Å². The van der Waals surface area contributed by atoms with Gasteiger partial charge in [-0.1, -0.05) is 26.8 Å². The molecule has 4 aromatic rings. The van der Waals surface area contributed by atoms with Crippen LogP contribution in [-0.2, 0) is 14.4 Å². The van der Waals surface area contributed by atoms with Crippen LogP contribution in [0.15, 0.2) is 49.1 Å². The fourth-order valence-corrected chi connectivity index (χ4v) is 6.65. The minimum atomic E-state index is -4.28. The van der Waals surface area contributed by atoms with Gasteiger partial charge in [-0.25, -0.2) is 22.8 Å². The van der Waals surface area contributed by atoms with Crippen molar-refractivity contribution in [3.8, 4) is 28.6 Å². The van der Waals surface area contributed by atoms with Crippen LogP contribution in [0.4, 0.5) is 10.3 Å². The predicted octanol–water partition coefficient (Wildman–Crippen LogP) is 5.48. The summed E-state index contributed by atoms with van der Waals surface area (Å²) in [7, 11) is -3.87. The van der Waals surface area contributed by atoms with Crippen LogP contribution in [0.2, 0.25) is 18.1 Å². The molecule has 0 aliphatic carbocycles. The molecule has 0 radical (unpaired) electrons. The van der Waals surface area contributed by atoms with Gasteiger partial charge in [-0.3, -0.25) is 14.3 Å². The fourth-order valence-electron chi connectivity index (χ4n) is 4.18. The molecule has 44 heavy (non-hydrogen) atoms. The predicted molar refractivity (Wildman–Crippen MR) is 167 cm³/mol. The second kappa shape index (κ2) is 12.6. The van der Waals surface area contributed by atoms with E-state index in [4.69, 9.17) is 13.9 Å². The number of pyridine rings is 1. The molecule has 1 aromatic carbocycles. The average molecular weight is 644 g/mol. The van der Waals surface area contributed by atoms with Crippen LogP contribution in [0.1, 0.15) is 45.2 Å². The highest BCUT2D eigenvalue weighted by molar-refractivity contribution is 7.93. The fraction of sp³-hybridized carbons (Fsp3) is 0.414. The van der Waals surface area contributed by atoms with Crippen molar-refractivity contribution in [2.24, 2.45) is 0 Å². The van der Waals surface area contributed by atoms with Crippen LogP contribution in [0.25, 0.3) is 17.1 Å². The van der Waals surface area contributed by atoms with Crippen LogP contribution in [0, 0.1) is 12.7 Å². The quantitative estimate of drug-likeness (QED) is 0.209. The monoisotopic (exact) mass is 643 g/mol. The summed E-state index contributed by atoms with van der Waals surface area (Å²) < 4.78 is 64.0. The largest absolute Gasteiger partial charge is 0.494 e. The van der Waals surface area contributed by atoms with Crippen molar-refractivity contribution in [1.29, 1.82) is 0 Å². The number of hydrogen-bond acceptors (Lipinski definition) is 10. The number of ether oxygens (including phenoxy) is 2. The molecule has 0 amide bonds. The van der Waals surface area contributed by atoms with E-state index in [9.17, 15) is 12.8 Å². The number of anilines is 1. The summed E-state index contributed by atoms with van der Waals surface area (Å²) in [5.74, 6) is 0.350. The van der Waals surface area contributed by atoms with Crippen molar-refractivity contribution in [3.05, 3.63) is 66.3 Å². The number of nitrogens with zero attached hydrogens (tertiary/aromatic N) is 6. The Hall–Kier alpha value is -3.95. The maximum Gasteiger partial charge on any atom is 0.243 e. The summed E-state index contributed by atoms with van der Waals surface area (Å²) in [6.45, 7) is 13.4. The van der Waals surface area contributed by atoms with Gasteiger partial charge in [-0.2, -0.15) is 0 Å². The minimum Gasteiger partial charge on any atom is -0.494 e. The van der Waals surface area contributed by atoms with E-state index in [2.05, 4.69) is 29.9 Å². The Bertz CT molecular complexity index is 1700. The number of sulfonamides is 1. The first kappa shape index (κ1) is 33.0. The molecule has 0 aliphatic heterocycles. The maximum absolute atomic E-state index is 14.1. The Morgan fingerprint density at radius 1 is 1.00 bits per heavy atom. The number of aromatic nitrogens is 6. The van der Waals surface area contributed by atoms with Crippen molar-refractivity contribution < 1.29 is 26.7 Å². The first-order valence-electron chi connectivity index (χ1n) is 13.9. The lowest BCUT2D eigenvalue weighted by atomic mass is 10.2. The SMILES string of the molecule is COc1cccc(OC)c1-n1c(NS(=O)(=O)[C@H](C)[C@H](O[Si](C)(C)C(C)(C)C)c2ncc(F)cn2)nnc1-c1cncc(C)c1. The van der Waals surface area contributed by atoms with Crippen molar-refractivity contribution in [1.82, 2.24) is 29.7 Å². The molecule has 0 spiro atoms. The van der Waals surface area contributed by atoms with Crippen LogP contribution in [-0.4, -0.2) is 65.9 Å². The van der Waals surface area contributed by atoms with Crippen molar-refractivity contribution >= 4 is 24.3 Å². The second-order valence-electron chi connectivity index (χ2n) is 11.9. The first-order chi connectivity index (χ1) is 20.6. The number of nitrogens with one attached hydrogen (secondary N) is 1. The first-order valence-corrected chi connectivity index (χ1v) is 18.3. The highest BCUT2D eigenvalue weighted by Gasteiger charge is 2.44. The van der Waals surface area contributed by atoms with E-state index in [1.165, 1.54) is 25.7 Å². The molecule has 0 fully saturated rings. The molecule has 12 nitrogen and oxygen atoms in total. The summed E-state index contributed by atoms with van der Waals surface area (Å²) in [6, 6.07) is 7.03. The van der Waals surface area contributed by atoms with Crippen LogP contribution >= 0.6 is 0 Å². The smallest absolute Gasteiger partial charge is 0.243 e. The summed E-state index contributed by atoms with van der Waals surface area (Å²) >= 11 is 0. The van der Waals surface area contributed by atoms with Gasteiger partial charge in [0, 0.05) is 18.0 Å². The van der Waals surface area contributed by atoms with Gasteiger partial charge in [0.25, 0.3) is 0 Å². The lowest BCUT2D eigenvalue weighted by molar-refractivity contribution is 0.172. The molecule has 0 saturated carbocycles. The molecular formula is C29H38FN7O5SSi. The van der Waals surface area contributed by atoms with E-state index in [1.54, 1.807) is 30.6 Å². The van der Waals surface area contributed by atoms with Crippen LogP contribution < -0.4 is 14.2 Å². The van der Waals surface area contributed by atoms with Gasteiger partial charge < -0.3 is 13.9 Å². The second-order valence-corrected chi connectivity index (χ2v) is 18.6. The highest BCUT2D eigenvalue weighted by Crippen LogP contribution is 2.42. The number of halogens is 1. The molecule has 4 rings (SSSR count). The summed E-state index contributed by atoms with van der Waals surface area (Å²) in [5, 5.41) is 7.09. The van der Waals surface area contributed by atoms with Gasteiger partial charge in [0.15, 0.2) is 25.8 Å². The molecule has 0 unspecified atom stereocenters. The number of para-hydroxylation sites is 1. The number of hydrogen-bond donors (Lipinski definition) is 1. The lowest BCUT2D eigenvalue weighted by Crippen LogP contribution is -2.45. The van der Waals surface area contributed by atoms with Gasteiger partial charge in [0.2, 0.25) is 16.0 Å². The number of aryl methyl sites for hydroxylation is 1. The molecule has 0 saturated heterocycles. The molecule has 0 bridgehead atoms. The van der Waals surface area contributed by atoms with Crippen molar-refractivity contribution in [3.63, 3.8) is 0 Å². The van der Waals surface area contributed by atoms with E-state index in [0.717, 1.165) is 18.0 Å². The zero-order valence-electron chi connectivity index (χ0n) is 26.3. The van der Waals surface area contributed by atoms with E-state index in [1.807, 2.05) is 46.9 Å². The topological polar surface area (TPSA) is 143 Å². The third-order valence-electron chi connectivity index (χ3n) is 7.69. The van der Waals surface area contributed by atoms with E-state index >= 15 is 0 Å². The lowest BCUT2D eigenvalue weighted by Gasteiger charge is -2.40. The molecular weight excluding hydrogens is 606 g/mol. The zero-order valence-corrected chi connectivity index (χ0v) is 28.1. The summed E-state index contributed by atoms with van der Waals surface area (Å²) in [5.41, 5.74) is 1.83.